The maximum Gasteiger partial charge on any atom is 0.0175 e. The first-order chi connectivity index (χ1) is 6.25. The van der Waals surface area contributed by atoms with Crippen molar-refractivity contribution in [1.82, 2.24) is 5.32 Å². The molecule has 1 saturated heterocycles. The summed E-state index contributed by atoms with van der Waals surface area (Å²) in [5.41, 5.74) is 1.46. The number of hydrogen-bond acceptors (Lipinski definition) is 1. The maximum atomic E-state index is 3.47. The Morgan fingerprint density at radius 2 is 2.00 bits per heavy atom. The van der Waals surface area contributed by atoms with E-state index in [-0.39, 0.29) is 0 Å². The van der Waals surface area contributed by atoms with Gasteiger partial charge in [0.15, 0.2) is 0 Å². The summed E-state index contributed by atoms with van der Waals surface area (Å²) >= 11 is 3.45. The van der Waals surface area contributed by atoms with E-state index in [1.165, 1.54) is 12.0 Å². The highest BCUT2D eigenvalue weighted by Crippen LogP contribution is 2.26. The van der Waals surface area contributed by atoms with Crippen LogP contribution in [-0.2, 0) is 0 Å². The highest BCUT2D eigenvalue weighted by Gasteiger charge is 2.21. The molecule has 1 nitrogen and oxygen atoms in total. The molecule has 0 spiro atoms. The van der Waals surface area contributed by atoms with Gasteiger partial charge in [0.1, 0.15) is 0 Å². The van der Waals surface area contributed by atoms with Crippen molar-refractivity contribution in [1.29, 1.82) is 0 Å². The third-order valence-electron chi connectivity index (χ3n) is 2.69. The second-order valence-corrected chi connectivity index (χ2v) is 4.71. The number of nitrogens with one attached hydrogen (secondary N) is 1. The predicted molar refractivity (Wildman–Crippen MR) is 59.0 cm³/mol. The van der Waals surface area contributed by atoms with Gasteiger partial charge >= 0.3 is 0 Å². The molecule has 0 bridgehead atoms. The Labute approximate surface area is 87.7 Å². The Bertz CT molecular complexity index is 281. The van der Waals surface area contributed by atoms with Crippen LogP contribution in [0.2, 0.25) is 0 Å². The van der Waals surface area contributed by atoms with E-state index in [1.54, 1.807) is 0 Å². The molecule has 0 aliphatic carbocycles. The summed E-state index contributed by atoms with van der Waals surface area (Å²) in [5.74, 6) is 0.711. The molecule has 1 aromatic rings. The van der Waals surface area contributed by atoms with Gasteiger partial charge in [-0.2, -0.15) is 0 Å². The van der Waals surface area contributed by atoms with Gasteiger partial charge in [0, 0.05) is 17.1 Å². The highest BCUT2D eigenvalue weighted by atomic mass is 79.9. The number of hydrogen-bond donors (Lipinski definition) is 1. The normalized spacial score (nSPS) is 27.8. The van der Waals surface area contributed by atoms with Gasteiger partial charge in [0.2, 0.25) is 0 Å². The van der Waals surface area contributed by atoms with Crippen molar-refractivity contribution in [3.8, 4) is 0 Å². The molecule has 1 heterocycles. The minimum atomic E-state index is 0.675. The molecule has 1 fully saturated rings. The molecule has 0 amide bonds. The van der Waals surface area contributed by atoms with Crippen LogP contribution in [0.4, 0.5) is 0 Å². The highest BCUT2D eigenvalue weighted by molar-refractivity contribution is 9.10. The van der Waals surface area contributed by atoms with Crippen LogP contribution < -0.4 is 5.32 Å². The van der Waals surface area contributed by atoms with Gasteiger partial charge in [-0.05, 0) is 37.0 Å². The lowest BCUT2D eigenvalue weighted by Gasteiger charge is -2.08. The molecule has 0 unspecified atom stereocenters. The number of halogens is 1. The van der Waals surface area contributed by atoms with Crippen LogP contribution in [0, 0.1) is 0 Å². The van der Waals surface area contributed by atoms with E-state index in [0.29, 0.717) is 12.0 Å². The molecule has 13 heavy (non-hydrogen) atoms. The lowest BCUT2D eigenvalue weighted by molar-refractivity contribution is 0.658. The second-order valence-electron chi connectivity index (χ2n) is 3.79. The second kappa shape index (κ2) is 3.81. The van der Waals surface area contributed by atoms with Gasteiger partial charge in [-0.15, -0.1) is 0 Å². The van der Waals surface area contributed by atoms with Gasteiger partial charge in [0.05, 0.1) is 0 Å². The lowest BCUT2D eigenvalue weighted by atomic mass is 9.97. The Balaban J connectivity index is 2.13. The number of benzene rings is 1. The van der Waals surface area contributed by atoms with Gasteiger partial charge in [-0.3, -0.25) is 0 Å². The molecule has 2 heteroatoms. The van der Waals surface area contributed by atoms with Gasteiger partial charge in [-0.25, -0.2) is 0 Å². The molecule has 1 aliphatic rings. The first-order valence-corrected chi connectivity index (χ1v) is 5.54. The molecule has 2 atom stereocenters. The zero-order chi connectivity index (χ0) is 9.26. The average Bonchev–Trinajstić information content (AvgIpc) is 2.53. The van der Waals surface area contributed by atoms with Crippen LogP contribution in [-0.4, -0.2) is 12.6 Å². The predicted octanol–water partition coefficient (Wildman–Crippen LogP) is 2.91. The van der Waals surface area contributed by atoms with Crippen molar-refractivity contribution in [2.75, 3.05) is 6.54 Å². The minimum Gasteiger partial charge on any atom is -0.314 e. The first-order valence-electron chi connectivity index (χ1n) is 4.74. The van der Waals surface area contributed by atoms with Crippen molar-refractivity contribution in [3.63, 3.8) is 0 Å². The summed E-state index contributed by atoms with van der Waals surface area (Å²) in [6.07, 6.45) is 1.27. The van der Waals surface area contributed by atoms with E-state index >= 15 is 0 Å². The lowest BCUT2D eigenvalue weighted by Crippen LogP contribution is -2.16. The monoisotopic (exact) mass is 239 g/mol. The van der Waals surface area contributed by atoms with Gasteiger partial charge < -0.3 is 5.32 Å². The van der Waals surface area contributed by atoms with E-state index in [0.717, 1.165) is 11.0 Å². The molecule has 1 aromatic carbocycles. The summed E-state index contributed by atoms with van der Waals surface area (Å²) < 4.78 is 1.16. The van der Waals surface area contributed by atoms with Crippen molar-refractivity contribution in [2.45, 2.75) is 25.3 Å². The standard InChI is InChI=1S/C11H14BrN/c1-8-6-10(7-13-8)9-2-4-11(12)5-3-9/h2-5,8,10,13H,6-7H2,1H3/t8-,10+/m0/s1. The van der Waals surface area contributed by atoms with E-state index in [1.807, 2.05) is 0 Å². The summed E-state index contributed by atoms with van der Waals surface area (Å²) in [7, 11) is 0. The molecule has 2 rings (SSSR count). The van der Waals surface area contributed by atoms with Crippen LogP contribution in [0.5, 0.6) is 0 Å². The van der Waals surface area contributed by atoms with Crippen LogP contribution in [0.15, 0.2) is 28.7 Å². The fourth-order valence-electron chi connectivity index (χ4n) is 1.93. The summed E-state index contributed by atoms with van der Waals surface area (Å²) in [6.45, 7) is 3.38. The van der Waals surface area contributed by atoms with E-state index in [2.05, 4.69) is 52.4 Å². The Morgan fingerprint density at radius 3 is 2.54 bits per heavy atom. The third kappa shape index (κ3) is 2.12. The van der Waals surface area contributed by atoms with Crippen LogP contribution in [0.1, 0.15) is 24.8 Å². The van der Waals surface area contributed by atoms with Crippen molar-refractivity contribution < 1.29 is 0 Å². The molecule has 70 valence electrons. The van der Waals surface area contributed by atoms with Gasteiger partial charge in [0.25, 0.3) is 0 Å². The molecule has 1 N–H and O–H groups in total. The topological polar surface area (TPSA) is 12.0 Å². The summed E-state index contributed by atoms with van der Waals surface area (Å²) in [6, 6.07) is 9.35. The van der Waals surface area contributed by atoms with Crippen LogP contribution in [0.25, 0.3) is 0 Å². The molecular weight excluding hydrogens is 226 g/mol. The largest absolute Gasteiger partial charge is 0.314 e. The Morgan fingerprint density at radius 1 is 1.31 bits per heavy atom. The van der Waals surface area contributed by atoms with Crippen LogP contribution >= 0.6 is 15.9 Å². The molecule has 0 saturated carbocycles. The Hall–Kier alpha value is -0.340. The van der Waals surface area contributed by atoms with Gasteiger partial charge in [-0.1, -0.05) is 28.1 Å². The van der Waals surface area contributed by atoms with Crippen LogP contribution in [0.3, 0.4) is 0 Å². The van der Waals surface area contributed by atoms with E-state index in [4.69, 9.17) is 0 Å². The molecule has 1 aliphatic heterocycles. The average molecular weight is 240 g/mol. The zero-order valence-electron chi connectivity index (χ0n) is 7.76. The van der Waals surface area contributed by atoms with E-state index < -0.39 is 0 Å². The molecule has 0 radical (unpaired) electrons. The SMILES string of the molecule is C[C@H]1C[C@@H](c2ccc(Br)cc2)CN1. The third-order valence-corrected chi connectivity index (χ3v) is 3.22. The number of rotatable bonds is 1. The Kier molecular flexibility index (Phi) is 2.70. The summed E-state index contributed by atoms with van der Waals surface area (Å²) in [4.78, 5) is 0. The quantitative estimate of drug-likeness (QED) is 0.795. The van der Waals surface area contributed by atoms with Crippen molar-refractivity contribution in [3.05, 3.63) is 34.3 Å². The summed E-state index contributed by atoms with van der Waals surface area (Å²) in [5, 5.41) is 3.47. The van der Waals surface area contributed by atoms with Crippen molar-refractivity contribution in [2.24, 2.45) is 0 Å². The fraction of sp³-hybridized carbons (Fsp3) is 0.455. The smallest absolute Gasteiger partial charge is 0.0175 e. The molecule has 0 aromatic heterocycles. The minimum absolute atomic E-state index is 0.675. The fourth-order valence-corrected chi connectivity index (χ4v) is 2.19. The van der Waals surface area contributed by atoms with E-state index in [9.17, 15) is 0 Å². The molecular formula is C11H14BrN. The first kappa shape index (κ1) is 9.22. The van der Waals surface area contributed by atoms with Crippen molar-refractivity contribution >= 4 is 15.9 Å². The zero-order valence-corrected chi connectivity index (χ0v) is 9.34. The maximum absolute atomic E-state index is 3.47.